The molecule has 0 aliphatic carbocycles. The lowest BCUT2D eigenvalue weighted by molar-refractivity contribution is 0.0893. The summed E-state index contributed by atoms with van der Waals surface area (Å²) in [4.78, 5) is 6.41. The van der Waals surface area contributed by atoms with Crippen molar-refractivity contribution in [2.24, 2.45) is 10.9 Å². The molecule has 2 heterocycles. The average molecular weight is 250 g/mol. The predicted octanol–water partition coefficient (Wildman–Crippen LogP) is 0.791. The van der Waals surface area contributed by atoms with Crippen LogP contribution in [-0.2, 0) is 4.74 Å². The first-order valence-electron chi connectivity index (χ1n) is 5.96. The number of hydrogen-bond donors (Lipinski definition) is 2. The van der Waals surface area contributed by atoms with Crippen LogP contribution in [0.15, 0.2) is 23.5 Å². The van der Waals surface area contributed by atoms with Gasteiger partial charge in [-0.1, -0.05) is 5.16 Å². The molecule has 18 heavy (non-hydrogen) atoms. The quantitative estimate of drug-likeness (QED) is 0.358. The highest BCUT2D eigenvalue weighted by molar-refractivity contribution is 5.95. The van der Waals surface area contributed by atoms with Gasteiger partial charge < -0.3 is 20.6 Å². The molecule has 1 fully saturated rings. The SMILES string of the molecule is COC1CCCN(c2ccc(/C(N)=N/O)nc2)C1. The summed E-state index contributed by atoms with van der Waals surface area (Å²) in [5.74, 6) is 0.0231. The van der Waals surface area contributed by atoms with Crippen LogP contribution in [0.3, 0.4) is 0 Å². The maximum absolute atomic E-state index is 8.57. The summed E-state index contributed by atoms with van der Waals surface area (Å²) >= 11 is 0. The molecule has 0 aromatic carbocycles. The standard InChI is InChI=1S/C12H18N4O2/c1-18-10-3-2-6-16(8-10)9-4-5-11(14-7-9)12(13)15-17/h4-5,7,10,17H,2-3,6,8H2,1H3,(H2,13,15). The third kappa shape index (κ3) is 2.70. The van der Waals surface area contributed by atoms with E-state index in [9.17, 15) is 0 Å². The van der Waals surface area contributed by atoms with Crippen LogP contribution in [0.5, 0.6) is 0 Å². The fourth-order valence-corrected chi connectivity index (χ4v) is 2.14. The summed E-state index contributed by atoms with van der Waals surface area (Å²) in [5.41, 5.74) is 6.98. The van der Waals surface area contributed by atoms with E-state index in [1.165, 1.54) is 0 Å². The summed E-state index contributed by atoms with van der Waals surface area (Å²) in [6.07, 6.45) is 4.23. The van der Waals surface area contributed by atoms with Crippen LogP contribution in [-0.4, -0.2) is 42.3 Å². The third-order valence-corrected chi connectivity index (χ3v) is 3.19. The highest BCUT2D eigenvalue weighted by Gasteiger charge is 2.19. The number of anilines is 1. The van der Waals surface area contributed by atoms with Crippen LogP contribution >= 0.6 is 0 Å². The Hall–Kier alpha value is -1.82. The molecule has 2 rings (SSSR count). The third-order valence-electron chi connectivity index (χ3n) is 3.19. The Labute approximate surface area is 106 Å². The van der Waals surface area contributed by atoms with Crippen molar-refractivity contribution in [3.63, 3.8) is 0 Å². The average Bonchev–Trinajstić information content (AvgIpc) is 2.46. The number of hydrogen-bond acceptors (Lipinski definition) is 5. The van der Waals surface area contributed by atoms with Gasteiger partial charge in [-0.05, 0) is 25.0 Å². The normalized spacial score (nSPS) is 21.1. The summed E-state index contributed by atoms with van der Waals surface area (Å²) in [6.45, 7) is 1.88. The second-order valence-electron chi connectivity index (χ2n) is 4.33. The minimum Gasteiger partial charge on any atom is -0.409 e. The Bertz CT molecular complexity index is 419. The molecule has 3 N–H and O–H groups in total. The number of aromatic nitrogens is 1. The van der Waals surface area contributed by atoms with E-state index in [-0.39, 0.29) is 11.9 Å². The molecule has 1 unspecified atom stereocenters. The molecule has 1 atom stereocenters. The number of rotatable bonds is 3. The number of oxime groups is 1. The van der Waals surface area contributed by atoms with E-state index in [1.54, 1.807) is 19.4 Å². The van der Waals surface area contributed by atoms with Gasteiger partial charge in [0.25, 0.3) is 0 Å². The lowest BCUT2D eigenvalue weighted by atomic mass is 10.1. The van der Waals surface area contributed by atoms with Crippen LogP contribution in [0.4, 0.5) is 5.69 Å². The van der Waals surface area contributed by atoms with E-state index in [0.29, 0.717) is 5.69 Å². The molecule has 1 aromatic rings. The van der Waals surface area contributed by atoms with Gasteiger partial charge in [-0.15, -0.1) is 0 Å². The van der Waals surface area contributed by atoms with E-state index in [1.807, 2.05) is 6.07 Å². The molecule has 1 aromatic heterocycles. The number of pyridine rings is 1. The minimum atomic E-state index is 0.0231. The van der Waals surface area contributed by atoms with Crippen molar-refractivity contribution in [1.29, 1.82) is 0 Å². The van der Waals surface area contributed by atoms with Crippen LogP contribution in [0, 0.1) is 0 Å². The number of piperidine rings is 1. The molecule has 0 bridgehead atoms. The lowest BCUT2D eigenvalue weighted by Crippen LogP contribution is -2.39. The van der Waals surface area contributed by atoms with Gasteiger partial charge >= 0.3 is 0 Å². The van der Waals surface area contributed by atoms with Crippen molar-refractivity contribution in [3.05, 3.63) is 24.0 Å². The number of nitrogens with two attached hydrogens (primary N) is 1. The molecular formula is C12H18N4O2. The van der Waals surface area contributed by atoms with Crippen molar-refractivity contribution in [2.75, 3.05) is 25.1 Å². The lowest BCUT2D eigenvalue weighted by Gasteiger charge is -2.33. The molecule has 0 amide bonds. The van der Waals surface area contributed by atoms with Gasteiger partial charge in [-0.2, -0.15) is 0 Å². The van der Waals surface area contributed by atoms with Gasteiger partial charge in [0.2, 0.25) is 0 Å². The monoisotopic (exact) mass is 250 g/mol. The van der Waals surface area contributed by atoms with Crippen LogP contribution in [0.1, 0.15) is 18.5 Å². The van der Waals surface area contributed by atoms with Crippen molar-refractivity contribution in [2.45, 2.75) is 18.9 Å². The Morgan fingerprint density at radius 1 is 1.61 bits per heavy atom. The molecule has 6 heteroatoms. The first-order valence-corrected chi connectivity index (χ1v) is 5.96. The highest BCUT2D eigenvalue weighted by atomic mass is 16.5. The first-order chi connectivity index (χ1) is 8.74. The molecular weight excluding hydrogens is 232 g/mol. The van der Waals surface area contributed by atoms with E-state index in [2.05, 4.69) is 15.0 Å². The van der Waals surface area contributed by atoms with Gasteiger partial charge in [-0.3, -0.25) is 4.98 Å². The molecule has 6 nitrogen and oxygen atoms in total. The van der Waals surface area contributed by atoms with E-state index in [0.717, 1.165) is 31.6 Å². The zero-order valence-corrected chi connectivity index (χ0v) is 10.4. The van der Waals surface area contributed by atoms with Crippen LogP contribution in [0.2, 0.25) is 0 Å². The molecule has 98 valence electrons. The molecule has 1 saturated heterocycles. The summed E-state index contributed by atoms with van der Waals surface area (Å²) in [7, 11) is 1.74. The fraction of sp³-hybridized carbons (Fsp3) is 0.500. The van der Waals surface area contributed by atoms with Gasteiger partial charge in [-0.25, -0.2) is 0 Å². The van der Waals surface area contributed by atoms with Crippen LogP contribution < -0.4 is 10.6 Å². The van der Waals surface area contributed by atoms with Gasteiger partial charge in [0.15, 0.2) is 5.84 Å². The number of nitrogens with zero attached hydrogens (tertiary/aromatic N) is 3. The maximum atomic E-state index is 8.57. The Morgan fingerprint density at radius 2 is 2.44 bits per heavy atom. The van der Waals surface area contributed by atoms with Crippen molar-refractivity contribution in [3.8, 4) is 0 Å². The van der Waals surface area contributed by atoms with E-state index >= 15 is 0 Å². The van der Waals surface area contributed by atoms with Crippen molar-refractivity contribution in [1.82, 2.24) is 4.98 Å². The fourth-order valence-electron chi connectivity index (χ4n) is 2.14. The summed E-state index contributed by atoms with van der Waals surface area (Å²) < 4.78 is 5.39. The smallest absolute Gasteiger partial charge is 0.188 e. The van der Waals surface area contributed by atoms with Crippen molar-refractivity contribution < 1.29 is 9.94 Å². The van der Waals surface area contributed by atoms with Crippen molar-refractivity contribution >= 4 is 11.5 Å². The Balaban J connectivity index is 2.09. The topological polar surface area (TPSA) is 84.0 Å². The molecule has 0 radical (unpaired) electrons. The Kier molecular flexibility index (Phi) is 3.99. The second kappa shape index (κ2) is 5.68. The zero-order valence-electron chi connectivity index (χ0n) is 10.4. The number of ether oxygens (including phenoxy) is 1. The van der Waals surface area contributed by atoms with E-state index < -0.39 is 0 Å². The van der Waals surface area contributed by atoms with E-state index in [4.69, 9.17) is 15.7 Å². The maximum Gasteiger partial charge on any atom is 0.188 e. The summed E-state index contributed by atoms with van der Waals surface area (Å²) in [6, 6.07) is 3.68. The first kappa shape index (κ1) is 12.6. The molecule has 1 aliphatic heterocycles. The van der Waals surface area contributed by atoms with Gasteiger partial charge in [0.1, 0.15) is 5.69 Å². The number of methoxy groups -OCH3 is 1. The molecule has 0 spiro atoms. The molecule has 1 aliphatic rings. The highest BCUT2D eigenvalue weighted by Crippen LogP contribution is 2.20. The van der Waals surface area contributed by atoms with Gasteiger partial charge in [0.05, 0.1) is 18.0 Å². The van der Waals surface area contributed by atoms with Gasteiger partial charge in [0, 0.05) is 20.2 Å². The minimum absolute atomic E-state index is 0.0231. The number of amidine groups is 1. The zero-order chi connectivity index (χ0) is 13.0. The van der Waals surface area contributed by atoms with Crippen LogP contribution in [0.25, 0.3) is 0 Å². The largest absolute Gasteiger partial charge is 0.409 e. The predicted molar refractivity (Wildman–Crippen MR) is 69.0 cm³/mol. The Morgan fingerprint density at radius 3 is 3.06 bits per heavy atom. The second-order valence-corrected chi connectivity index (χ2v) is 4.33. The summed E-state index contributed by atoms with van der Waals surface area (Å²) in [5, 5.41) is 11.5. The molecule has 0 saturated carbocycles.